The summed E-state index contributed by atoms with van der Waals surface area (Å²) in [6.45, 7) is 1.72. The number of hydrogen-bond acceptors (Lipinski definition) is 6. The maximum absolute atomic E-state index is 12.5. The third-order valence-corrected chi connectivity index (χ3v) is 3.66. The third kappa shape index (κ3) is 4.20. The van der Waals surface area contributed by atoms with Crippen molar-refractivity contribution in [3.05, 3.63) is 66.0 Å². The molecule has 0 fully saturated rings. The zero-order valence-electron chi connectivity index (χ0n) is 14.0. The molecule has 1 N–H and O–H groups in total. The molecular weight excluding hydrogens is 320 g/mol. The van der Waals surface area contributed by atoms with E-state index in [-0.39, 0.29) is 18.2 Å². The van der Waals surface area contributed by atoms with Crippen molar-refractivity contribution in [1.82, 2.24) is 15.2 Å². The maximum Gasteiger partial charge on any atom is 0.225 e. The van der Waals surface area contributed by atoms with Crippen molar-refractivity contribution in [2.75, 3.05) is 12.4 Å². The molecule has 1 amide bonds. The van der Waals surface area contributed by atoms with Crippen LogP contribution in [0.2, 0.25) is 0 Å². The number of hydrogen-bond donors (Lipinski definition) is 1. The number of carbonyl (C=O) groups excluding carboxylic acids is 1. The molecule has 3 aromatic rings. The summed E-state index contributed by atoms with van der Waals surface area (Å²) in [6.07, 6.45) is 1.72. The number of rotatable bonds is 6. The van der Waals surface area contributed by atoms with Crippen molar-refractivity contribution < 1.29 is 13.9 Å². The first kappa shape index (κ1) is 16.6. The van der Waals surface area contributed by atoms with Gasteiger partial charge >= 0.3 is 0 Å². The maximum atomic E-state index is 12.5. The van der Waals surface area contributed by atoms with Gasteiger partial charge in [-0.3, -0.25) is 4.79 Å². The lowest BCUT2D eigenvalue weighted by atomic mass is 9.95. The monoisotopic (exact) mass is 338 g/mol. The predicted octanol–water partition coefficient (Wildman–Crippen LogP) is 2.94. The molecule has 2 aromatic heterocycles. The summed E-state index contributed by atoms with van der Waals surface area (Å²) in [6, 6.07) is 13.0. The molecule has 0 spiro atoms. The minimum absolute atomic E-state index is 0.170. The Hall–Kier alpha value is -3.22. The van der Waals surface area contributed by atoms with Crippen molar-refractivity contribution in [3.8, 4) is 5.88 Å². The highest BCUT2D eigenvalue weighted by Crippen LogP contribution is 2.27. The van der Waals surface area contributed by atoms with Crippen LogP contribution in [-0.4, -0.2) is 28.2 Å². The van der Waals surface area contributed by atoms with Gasteiger partial charge in [-0.1, -0.05) is 30.3 Å². The average molecular weight is 338 g/mol. The van der Waals surface area contributed by atoms with E-state index in [4.69, 9.17) is 9.15 Å². The summed E-state index contributed by atoms with van der Waals surface area (Å²) in [7, 11) is 1.54. The van der Waals surface area contributed by atoms with Crippen LogP contribution in [0.5, 0.6) is 5.88 Å². The molecule has 0 bridgehead atoms. The Morgan fingerprint density at radius 1 is 1.20 bits per heavy atom. The van der Waals surface area contributed by atoms with Crippen molar-refractivity contribution in [3.63, 3.8) is 0 Å². The van der Waals surface area contributed by atoms with Crippen LogP contribution >= 0.6 is 0 Å². The van der Waals surface area contributed by atoms with Crippen molar-refractivity contribution in [2.24, 2.45) is 0 Å². The second-order valence-corrected chi connectivity index (χ2v) is 5.46. The fraction of sp³-hybridized carbons (Fsp3) is 0.222. The quantitative estimate of drug-likeness (QED) is 0.743. The van der Waals surface area contributed by atoms with E-state index >= 15 is 0 Å². The molecule has 0 aliphatic heterocycles. The molecule has 1 aromatic carbocycles. The number of anilines is 1. The number of nitrogens with one attached hydrogen (secondary N) is 1. The highest BCUT2D eigenvalue weighted by Gasteiger charge is 2.23. The summed E-state index contributed by atoms with van der Waals surface area (Å²) in [5, 5.41) is 10.8. The molecule has 0 saturated carbocycles. The molecule has 25 heavy (non-hydrogen) atoms. The second kappa shape index (κ2) is 7.57. The third-order valence-electron chi connectivity index (χ3n) is 3.66. The number of benzene rings is 1. The zero-order valence-corrected chi connectivity index (χ0v) is 14.0. The van der Waals surface area contributed by atoms with E-state index in [9.17, 15) is 4.79 Å². The van der Waals surface area contributed by atoms with Crippen LogP contribution in [0.3, 0.4) is 0 Å². The highest BCUT2D eigenvalue weighted by molar-refractivity contribution is 5.91. The molecule has 0 aliphatic carbocycles. The first-order chi connectivity index (χ1) is 12.2. The van der Waals surface area contributed by atoms with Crippen LogP contribution in [0.1, 0.15) is 29.7 Å². The van der Waals surface area contributed by atoms with Gasteiger partial charge in [0.25, 0.3) is 0 Å². The molecule has 0 radical (unpaired) electrons. The first-order valence-corrected chi connectivity index (χ1v) is 7.80. The zero-order chi connectivity index (χ0) is 17.6. The Balaban J connectivity index is 1.76. The van der Waals surface area contributed by atoms with Gasteiger partial charge in [0.1, 0.15) is 0 Å². The Morgan fingerprint density at radius 2 is 2.00 bits per heavy atom. The van der Waals surface area contributed by atoms with Crippen LogP contribution in [0.25, 0.3) is 0 Å². The lowest BCUT2D eigenvalue weighted by Gasteiger charge is -2.13. The van der Waals surface area contributed by atoms with E-state index in [0.717, 1.165) is 5.56 Å². The lowest BCUT2D eigenvalue weighted by molar-refractivity contribution is -0.116. The Bertz CT molecular complexity index is 831. The van der Waals surface area contributed by atoms with E-state index in [1.807, 2.05) is 30.3 Å². The van der Waals surface area contributed by atoms with Gasteiger partial charge in [-0.15, -0.1) is 10.2 Å². The number of methoxy groups -OCH3 is 1. The smallest absolute Gasteiger partial charge is 0.225 e. The van der Waals surface area contributed by atoms with E-state index in [1.54, 1.807) is 25.3 Å². The van der Waals surface area contributed by atoms with Crippen molar-refractivity contribution in [1.29, 1.82) is 0 Å². The molecule has 0 saturated heterocycles. The van der Waals surface area contributed by atoms with Crippen LogP contribution in [0.4, 0.5) is 5.69 Å². The van der Waals surface area contributed by atoms with Gasteiger partial charge in [-0.25, -0.2) is 4.98 Å². The number of aromatic nitrogens is 3. The topological polar surface area (TPSA) is 90.1 Å². The van der Waals surface area contributed by atoms with Gasteiger partial charge < -0.3 is 14.5 Å². The number of amides is 1. The predicted molar refractivity (Wildman–Crippen MR) is 91.4 cm³/mol. The molecule has 2 heterocycles. The minimum atomic E-state index is -0.311. The second-order valence-electron chi connectivity index (χ2n) is 5.46. The molecular formula is C18H18N4O3. The summed E-state index contributed by atoms with van der Waals surface area (Å²) < 4.78 is 10.6. The van der Waals surface area contributed by atoms with E-state index in [2.05, 4.69) is 20.5 Å². The summed E-state index contributed by atoms with van der Waals surface area (Å²) >= 11 is 0. The van der Waals surface area contributed by atoms with Crippen LogP contribution in [0.15, 0.2) is 53.1 Å². The Kier molecular flexibility index (Phi) is 5.03. The largest absolute Gasteiger partial charge is 0.481 e. The molecule has 3 rings (SSSR count). The van der Waals surface area contributed by atoms with Gasteiger partial charge in [0.05, 0.1) is 24.9 Å². The van der Waals surface area contributed by atoms with Gasteiger partial charge in [-0.2, -0.15) is 0 Å². The molecule has 7 heteroatoms. The number of pyridine rings is 1. The Labute approximate surface area is 145 Å². The normalized spacial score (nSPS) is 11.8. The minimum Gasteiger partial charge on any atom is -0.481 e. The van der Waals surface area contributed by atoms with Crippen molar-refractivity contribution in [2.45, 2.75) is 19.3 Å². The molecule has 1 atom stereocenters. The van der Waals surface area contributed by atoms with Crippen molar-refractivity contribution >= 4 is 11.6 Å². The summed E-state index contributed by atoms with van der Waals surface area (Å²) in [4.78, 5) is 16.5. The van der Waals surface area contributed by atoms with Gasteiger partial charge in [0, 0.05) is 19.4 Å². The number of nitrogens with zero attached hydrogens (tertiary/aromatic N) is 3. The summed E-state index contributed by atoms with van der Waals surface area (Å²) in [5.74, 6) is 0.897. The average Bonchev–Trinajstić information content (AvgIpc) is 3.07. The van der Waals surface area contributed by atoms with E-state index in [1.165, 1.54) is 7.11 Å². The molecule has 1 unspecified atom stereocenters. The van der Waals surface area contributed by atoms with Crippen LogP contribution in [-0.2, 0) is 4.79 Å². The van der Waals surface area contributed by atoms with Gasteiger partial charge in [-0.05, 0) is 11.6 Å². The number of ether oxygens (including phenoxy) is 1. The van der Waals surface area contributed by atoms with Gasteiger partial charge in [0.2, 0.25) is 23.6 Å². The van der Waals surface area contributed by atoms with Crippen LogP contribution in [0, 0.1) is 6.92 Å². The fourth-order valence-corrected chi connectivity index (χ4v) is 2.46. The van der Waals surface area contributed by atoms with Gasteiger partial charge in [0.15, 0.2) is 0 Å². The van der Waals surface area contributed by atoms with Crippen LogP contribution < -0.4 is 10.1 Å². The van der Waals surface area contributed by atoms with E-state index in [0.29, 0.717) is 23.3 Å². The SMILES string of the molecule is COc1ccc(NC(=O)CC(c2ccccc2)c2nnc(C)o2)cn1. The lowest BCUT2D eigenvalue weighted by Crippen LogP contribution is -2.17. The fourth-order valence-electron chi connectivity index (χ4n) is 2.46. The Morgan fingerprint density at radius 3 is 2.60 bits per heavy atom. The highest BCUT2D eigenvalue weighted by atomic mass is 16.5. The number of carbonyl (C=O) groups is 1. The molecule has 0 aliphatic rings. The van der Waals surface area contributed by atoms with E-state index < -0.39 is 0 Å². The standard InChI is InChI=1S/C18H18N4O3/c1-12-21-22-18(25-12)15(13-6-4-3-5-7-13)10-16(23)20-14-8-9-17(24-2)19-11-14/h3-9,11,15H,10H2,1-2H3,(H,20,23). The molecule has 128 valence electrons. The molecule has 7 nitrogen and oxygen atoms in total. The summed E-state index contributed by atoms with van der Waals surface area (Å²) in [5.41, 5.74) is 1.54. The number of aryl methyl sites for hydroxylation is 1. The first-order valence-electron chi connectivity index (χ1n) is 7.80.